The number of hydrogen-bond donors (Lipinski definition) is 0. The third kappa shape index (κ3) is 2.39. The molecule has 0 amide bonds. The first-order valence-electron chi connectivity index (χ1n) is 6.00. The third-order valence-corrected chi connectivity index (χ3v) is 3.89. The average Bonchev–Trinajstić information content (AvgIpc) is 2.73. The van der Waals surface area contributed by atoms with Gasteiger partial charge in [0.1, 0.15) is 5.75 Å². The summed E-state index contributed by atoms with van der Waals surface area (Å²) in [6.45, 7) is 6.81. The molecule has 1 aliphatic heterocycles. The lowest BCUT2D eigenvalue weighted by Gasteiger charge is -2.16. The second kappa shape index (κ2) is 4.81. The summed E-state index contributed by atoms with van der Waals surface area (Å²) in [7, 11) is 0. The van der Waals surface area contributed by atoms with Crippen LogP contribution in [-0.4, -0.2) is 12.4 Å². The fourth-order valence-corrected chi connectivity index (χ4v) is 2.51. The lowest BCUT2D eigenvalue weighted by Crippen LogP contribution is -2.17. The molecule has 1 aromatic carbocycles. The van der Waals surface area contributed by atoms with Crippen molar-refractivity contribution in [1.29, 1.82) is 0 Å². The molecule has 1 atom stereocenters. The number of ketones is 1. The molecule has 17 heavy (non-hydrogen) atoms. The first-order valence-corrected chi connectivity index (χ1v) is 6.79. The highest BCUT2D eigenvalue weighted by molar-refractivity contribution is 9.10. The predicted octanol–water partition coefficient (Wildman–Crippen LogP) is 3.86. The Morgan fingerprint density at radius 2 is 2.06 bits per heavy atom. The van der Waals surface area contributed by atoms with Gasteiger partial charge < -0.3 is 4.74 Å². The van der Waals surface area contributed by atoms with E-state index >= 15 is 0 Å². The quantitative estimate of drug-likeness (QED) is 0.792. The van der Waals surface area contributed by atoms with Crippen molar-refractivity contribution in [3.8, 4) is 5.75 Å². The molecule has 0 aromatic heterocycles. The summed E-state index contributed by atoms with van der Waals surface area (Å²) >= 11 is 3.46. The van der Waals surface area contributed by atoms with E-state index in [0.717, 1.165) is 27.8 Å². The molecule has 2 rings (SSSR count). The van der Waals surface area contributed by atoms with Gasteiger partial charge in [0, 0.05) is 16.8 Å². The van der Waals surface area contributed by atoms with Crippen LogP contribution in [0.1, 0.15) is 36.7 Å². The normalized spacial score (nSPS) is 15.6. The molecule has 0 saturated carbocycles. The number of carbonyl (C=O) groups is 1. The van der Waals surface area contributed by atoms with Gasteiger partial charge in [-0.15, -0.1) is 0 Å². The molecule has 1 unspecified atom stereocenters. The van der Waals surface area contributed by atoms with Crippen molar-refractivity contribution in [2.45, 2.75) is 27.2 Å². The number of ether oxygens (including phenoxy) is 1. The number of hydrogen-bond acceptors (Lipinski definition) is 2. The van der Waals surface area contributed by atoms with E-state index in [1.165, 1.54) is 0 Å². The molecule has 0 N–H and O–H groups in total. The molecule has 1 aromatic rings. The molecular formula is C14H17BrO2. The Balaban J connectivity index is 2.42. The lowest BCUT2D eigenvalue weighted by molar-refractivity contribution is 0.0896. The lowest BCUT2D eigenvalue weighted by atomic mass is 9.89. The molecule has 1 aliphatic rings. The third-order valence-electron chi connectivity index (χ3n) is 3.43. The zero-order chi connectivity index (χ0) is 12.6. The van der Waals surface area contributed by atoms with E-state index in [1.54, 1.807) is 0 Å². The first-order chi connectivity index (χ1) is 8.00. The summed E-state index contributed by atoms with van der Waals surface area (Å²) in [4.78, 5) is 12.4. The van der Waals surface area contributed by atoms with Gasteiger partial charge >= 0.3 is 0 Å². The highest BCUT2D eigenvalue weighted by Gasteiger charge is 2.26. The number of halogens is 1. The topological polar surface area (TPSA) is 26.3 Å². The fraction of sp³-hybridized carbons (Fsp3) is 0.500. The molecular weight excluding hydrogens is 280 g/mol. The van der Waals surface area contributed by atoms with Crippen LogP contribution in [0.15, 0.2) is 16.6 Å². The molecule has 0 radical (unpaired) electrons. The van der Waals surface area contributed by atoms with E-state index in [2.05, 4.69) is 29.8 Å². The van der Waals surface area contributed by atoms with Gasteiger partial charge in [0.25, 0.3) is 0 Å². The van der Waals surface area contributed by atoms with Gasteiger partial charge in [0.05, 0.1) is 12.2 Å². The second-order valence-corrected chi connectivity index (χ2v) is 5.85. The monoisotopic (exact) mass is 296 g/mol. The Labute approximate surface area is 110 Å². The van der Waals surface area contributed by atoms with Gasteiger partial charge in [0.15, 0.2) is 5.78 Å². The van der Waals surface area contributed by atoms with Gasteiger partial charge in [-0.25, -0.2) is 0 Å². The van der Waals surface area contributed by atoms with Crippen LogP contribution in [0.2, 0.25) is 0 Å². The van der Waals surface area contributed by atoms with Crippen molar-refractivity contribution >= 4 is 21.7 Å². The van der Waals surface area contributed by atoms with E-state index in [9.17, 15) is 4.79 Å². The minimum absolute atomic E-state index is 0.0256. The fourth-order valence-electron chi connectivity index (χ4n) is 2.00. The highest BCUT2D eigenvalue weighted by atomic mass is 79.9. The molecule has 2 nitrogen and oxygen atoms in total. The van der Waals surface area contributed by atoms with Crippen molar-refractivity contribution in [3.05, 3.63) is 27.7 Å². The zero-order valence-corrected chi connectivity index (χ0v) is 12.0. The van der Waals surface area contributed by atoms with E-state index in [1.807, 2.05) is 19.1 Å². The molecule has 0 aliphatic carbocycles. The van der Waals surface area contributed by atoms with Crippen molar-refractivity contribution in [2.24, 2.45) is 11.8 Å². The number of Topliss-reactive ketones (excluding diaryl/α,β-unsaturated/α-hetero) is 1. The summed E-state index contributed by atoms with van der Waals surface area (Å²) in [5.41, 5.74) is 1.87. The Kier molecular flexibility index (Phi) is 3.57. The molecule has 0 saturated heterocycles. The average molecular weight is 297 g/mol. The van der Waals surface area contributed by atoms with Crippen LogP contribution in [-0.2, 0) is 6.42 Å². The van der Waals surface area contributed by atoms with Crippen LogP contribution in [0.4, 0.5) is 0 Å². The van der Waals surface area contributed by atoms with Gasteiger partial charge in [-0.2, -0.15) is 0 Å². The van der Waals surface area contributed by atoms with Crippen LogP contribution in [0.3, 0.4) is 0 Å². The zero-order valence-electron chi connectivity index (χ0n) is 10.4. The molecule has 0 spiro atoms. The smallest absolute Gasteiger partial charge is 0.169 e. The minimum Gasteiger partial charge on any atom is -0.492 e. The Hall–Kier alpha value is -0.830. The maximum Gasteiger partial charge on any atom is 0.169 e. The highest BCUT2D eigenvalue weighted by Crippen LogP contribution is 2.35. The molecule has 0 fully saturated rings. The number of fused-ring (bicyclic) bond motifs is 1. The molecule has 0 bridgehead atoms. The van der Waals surface area contributed by atoms with Gasteiger partial charge in [-0.3, -0.25) is 4.79 Å². The van der Waals surface area contributed by atoms with Crippen LogP contribution >= 0.6 is 15.9 Å². The standard InChI is InChI=1S/C14H17BrO2/c1-8(2)9(3)13(16)12-7-11(15)6-10-4-5-17-14(10)12/h6-9H,4-5H2,1-3H3. The second-order valence-electron chi connectivity index (χ2n) is 4.94. The summed E-state index contributed by atoms with van der Waals surface area (Å²) < 4.78 is 6.55. The maximum absolute atomic E-state index is 12.4. The van der Waals surface area contributed by atoms with Crippen molar-refractivity contribution < 1.29 is 9.53 Å². The summed E-state index contributed by atoms with van der Waals surface area (Å²) in [5.74, 6) is 1.35. The Morgan fingerprint density at radius 1 is 1.35 bits per heavy atom. The van der Waals surface area contributed by atoms with Crippen LogP contribution in [0.25, 0.3) is 0 Å². The summed E-state index contributed by atoms with van der Waals surface area (Å²) in [6, 6.07) is 3.92. The summed E-state index contributed by atoms with van der Waals surface area (Å²) in [5, 5.41) is 0. The van der Waals surface area contributed by atoms with Crippen molar-refractivity contribution in [3.63, 3.8) is 0 Å². The van der Waals surface area contributed by atoms with Gasteiger partial charge in [-0.1, -0.05) is 36.7 Å². The van der Waals surface area contributed by atoms with Crippen LogP contribution < -0.4 is 4.74 Å². The van der Waals surface area contributed by atoms with Crippen molar-refractivity contribution in [1.82, 2.24) is 0 Å². The molecule has 92 valence electrons. The van der Waals surface area contributed by atoms with E-state index < -0.39 is 0 Å². The minimum atomic E-state index is 0.0256. The predicted molar refractivity (Wildman–Crippen MR) is 71.7 cm³/mol. The number of rotatable bonds is 3. The van der Waals surface area contributed by atoms with Gasteiger partial charge in [0.2, 0.25) is 0 Å². The Bertz CT molecular complexity index is 452. The number of benzene rings is 1. The Morgan fingerprint density at radius 3 is 2.71 bits per heavy atom. The van der Waals surface area contributed by atoms with Crippen molar-refractivity contribution in [2.75, 3.05) is 6.61 Å². The largest absolute Gasteiger partial charge is 0.492 e. The molecule has 3 heteroatoms. The SMILES string of the molecule is CC(C)C(C)C(=O)c1cc(Br)cc2c1OCC2. The number of carbonyl (C=O) groups excluding carboxylic acids is 1. The summed E-state index contributed by atoms with van der Waals surface area (Å²) in [6.07, 6.45) is 0.894. The van der Waals surface area contributed by atoms with E-state index in [4.69, 9.17) is 4.74 Å². The maximum atomic E-state index is 12.4. The van der Waals surface area contributed by atoms with Gasteiger partial charge in [-0.05, 0) is 23.6 Å². The van der Waals surface area contributed by atoms with E-state index in [0.29, 0.717) is 12.5 Å². The van der Waals surface area contributed by atoms with Crippen LogP contribution in [0.5, 0.6) is 5.75 Å². The van der Waals surface area contributed by atoms with Crippen LogP contribution in [0, 0.1) is 11.8 Å². The first kappa shape index (κ1) is 12.6. The van der Waals surface area contributed by atoms with E-state index in [-0.39, 0.29) is 11.7 Å². The molecule has 1 heterocycles.